The van der Waals surface area contributed by atoms with Crippen molar-refractivity contribution in [2.75, 3.05) is 0 Å². The van der Waals surface area contributed by atoms with E-state index in [9.17, 15) is 19.8 Å². The third-order valence-electron chi connectivity index (χ3n) is 7.84. The molecule has 1 aliphatic rings. The van der Waals surface area contributed by atoms with Crippen LogP contribution in [0, 0.1) is 0 Å². The predicted octanol–water partition coefficient (Wildman–Crippen LogP) is 6.26. The first-order valence-corrected chi connectivity index (χ1v) is 17.3. The standard InChI is InChI=1S/2C14H28O2.C6H14N2.H2O.Pt/c2*1-2-3-4-5-6-7-8-9-10-11-12-13-14(15)16;7-5-3-1-2-4-6(5)8;;/h2*2-13H2,1H3,(H,15,16);5-6H,1-4,7-8H2;1H2;/q;;;;+2/p-2. The number of hydrogen-bond donors (Lipinski definition) is 2. The van der Waals surface area contributed by atoms with Crippen molar-refractivity contribution in [3.05, 3.63) is 0 Å². The van der Waals surface area contributed by atoms with E-state index in [0.29, 0.717) is 0 Å². The summed E-state index contributed by atoms with van der Waals surface area (Å²) >= 11 is 0. The number of rotatable bonds is 24. The van der Waals surface area contributed by atoms with Gasteiger partial charge in [0.15, 0.2) is 0 Å². The monoisotopic (exact) mass is 781 g/mol. The molecular weight excluding hydrogens is 711 g/mol. The molecule has 2 atom stereocenters. The van der Waals surface area contributed by atoms with Gasteiger partial charge >= 0.3 is 21.1 Å². The second kappa shape index (κ2) is 40.5. The Kier molecular flexibility index (Phi) is 46.7. The van der Waals surface area contributed by atoms with Crippen LogP contribution < -0.4 is 21.7 Å². The number of carboxylic acid groups (broad SMARTS) is 2. The Hall–Kier alpha value is -0.492. The average Bonchev–Trinajstić information content (AvgIpc) is 2.92. The molecule has 0 amide bonds. The molecule has 1 saturated carbocycles. The van der Waals surface area contributed by atoms with Gasteiger partial charge in [0.2, 0.25) is 0 Å². The Labute approximate surface area is 274 Å². The van der Waals surface area contributed by atoms with Gasteiger partial charge in [0.05, 0.1) is 0 Å². The maximum absolute atomic E-state index is 10.1. The molecule has 0 heterocycles. The molecule has 8 heteroatoms. The number of carbonyl (C=O) groups excluding carboxylic acids is 2. The molecule has 6 N–H and O–H groups in total. The number of hydrogen-bond acceptors (Lipinski definition) is 6. The Morgan fingerprint density at radius 3 is 0.905 bits per heavy atom. The maximum Gasteiger partial charge on any atom is 2.00 e. The Balaban J connectivity index is -0.000000264. The van der Waals surface area contributed by atoms with Gasteiger partial charge in [-0.3, -0.25) is 0 Å². The minimum absolute atomic E-state index is 0. The molecule has 1 aliphatic carbocycles. The molecule has 1 rings (SSSR count). The van der Waals surface area contributed by atoms with Gasteiger partial charge in [-0.15, -0.1) is 0 Å². The number of carbonyl (C=O) groups is 2. The molecule has 0 aromatic carbocycles. The summed E-state index contributed by atoms with van der Waals surface area (Å²) in [6, 6.07) is 0.562. The van der Waals surface area contributed by atoms with Gasteiger partial charge in [-0.05, 0) is 38.5 Å². The third kappa shape index (κ3) is 44.0. The van der Waals surface area contributed by atoms with Gasteiger partial charge in [0, 0.05) is 24.0 Å². The first-order valence-electron chi connectivity index (χ1n) is 17.3. The fraction of sp³-hybridized carbons (Fsp3) is 0.941. The van der Waals surface area contributed by atoms with Crippen LogP contribution >= 0.6 is 0 Å². The number of nitrogens with two attached hydrogens (primary N) is 2. The first kappa shape index (κ1) is 48.4. The molecule has 42 heavy (non-hydrogen) atoms. The van der Waals surface area contributed by atoms with Gasteiger partial charge < -0.3 is 36.7 Å². The van der Waals surface area contributed by atoms with Crippen LogP contribution in [0.25, 0.3) is 0 Å². The van der Waals surface area contributed by atoms with Crippen molar-refractivity contribution in [3.8, 4) is 0 Å². The van der Waals surface area contributed by atoms with Crippen molar-refractivity contribution in [1.29, 1.82) is 0 Å². The first-order chi connectivity index (χ1) is 19.3. The van der Waals surface area contributed by atoms with E-state index in [1.807, 2.05) is 0 Å². The van der Waals surface area contributed by atoms with Crippen LogP contribution in [0.15, 0.2) is 0 Å². The molecule has 7 nitrogen and oxygen atoms in total. The quantitative estimate of drug-likeness (QED) is 0.110. The van der Waals surface area contributed by atoms with Crippen molar-refractivity contribution >= 4 is 11.9 Å². The molecule has 0 aliphatic heterocycles. The predicted molar refractivity (Wildman–Crippen MR) is 170 cm³/mol. The summed E-state index contributed by atoms with van der Waals surface area (Å²) in [5.74, 6) is -1.81. The second-order valence-corrected chi connectivity index (χ2v) is 11.9. The fourth-order valence-corrected chi connectivity index (χ4v) is 5.06. The van der Waals surface area contributed by atoms with E-state index in [0.717, 1.165) is 38.5 Å². The summed E-state index contributed by atoms with van der Waals surface area (Å²) in [6.45, 7) is 4.49. The molecule has 0 saturated heterocycles. The molecule has 0 spiro atoms. The average molecular weight is 782 g/mol. The molecule has 0 aromatic rings. The van der Waals surface area contributed by atoms with Crippen LogP contribution in [0.5, 0.6) is 0 Å². The zero-order chi connectivity index (χ0) is 30.1. The van der Waals surface area contributed by atoms with Crippen molar-refractivity contribution < 1.29 is 46.3 Å². The zero-order valence-corrected chi connectivity index (χ0v) is 29.8. The normalized spacial score (nSPS) is 15.6. The van der Waals surface area contributed by atoms with Gasteiger partial charge in [-0.1, -0.05) is 155 Å². The van der Waals surface area contributed by atoms with Crippen molar-refractivity contribution in [2.24, 2.45) is 11.5 Å². The Morgan fingerprint density at radius 2 is 0.714 bits per heavy atom. The third-order valence-corrected chi connectivity index (χ3v) is 7.84. The van der Waals surface area contributed by atoms with Crippen molar-refractivity contribution in [2.45, 2.75) is 206 Å². The second-order valence-electron chi connectivity index (χ2n) is 11.9. The van der Waals surface area contributed by atoms with Crippen LogP contribution in [0.4, 0.5) is 0 Å². The summed E-state index contributed by atoms with van der Waals surface area (Å²) in [4.78, 5) is 20.3. The van der Waals surface area contributed by atoms with Crippen LogP contribution in [-0.4, -0.2) is 29.5 Å². The van der Waals surface area contributed by atoms with E-state index < -0.39 is 11.9 Å². The van der Waals surface area contributed by atoms with Gasteiger partial charge in [0.25, 0.3) is 0 Å². The summed E-state index contributed by atoms with van der Waals surface area (Å²) < 4.78 is 0. The summed E-state index contributed by atoms with van der Waals surface area (Å²) in [6.07, 6.45) is 32.9. The summed E-state index contributed by atoms with van der Waals surface area (Å²) in [7, 11) is 0. The molecule has 0 aromatic heterocycles. The molecule has 256 valence electrons. The maximum atomic E-state index is 10.1. The molecule has 0 bridgehead atoms. The topological polar surface area (TPSA) is 164 Å². The van der Waals surface area contributed by atoms with E-state index in [4.69, 9.17) is 11.5 Å². The van der Waals surface area contributed by atoms with Crippen LogP contribution in [-0.2, 0) is 30.7 Å². The smallest absolute Gasteiger partial charge is 0.550 e. The van der Waals surface area contributed by atoms with Gasteiger partial charge in [0.1, 0.15) is 0 Å². The minimum atomic E-state index is -0.907. The van der Waals surface area contributed by atoms with Gasteiger partial charge in [-0.2, -0.15) is 0 Å². The van der Waals surface area contributed by atoms with E-state index in [1.54, 1.807) is 0 Å². The number of aliphatic carboxylic acids is 2. The molecular formula is C34H70N2O5Pt. The Morgan fingerprint density at radius 1 is 0.500 bits per heavy atom. The Bertz CT molecular complexity index is 494. The molecule has 1 fully saturated rings. The van der Waals surface area contributed by atoms with Crippen LogP contribution in [0.2, 0.25) is 0 Å². The zero-order valence-electron chi connectivity index (χ0n) is 27.6. The fourth-order valence-electron chi connectivity index (χ4n) is 5.06. The largest absolute Gasteiger partial charge is 2.00 e. The minimum Gasteiger partial charge on any atom is -0.550 e. The van der Waals surface area contributed by atoms with Crippen molar-refractivity contribution in [1.82, 2.24) is 0 Å². The van der Waals surface area contributed by atoms with E-state index in [1.165, 1.54) is 128 Å². The molecule has 2 unspecified atom stereocenters. The van der Waals surface area contributed by atoms with E-state index in [2.05, 4.69) is 13.8 Å². The van der Waals surface area contributed by atoms with E-state index >= 15 is 0 Å². The van der Waals surface area contributed by atoms with Crippen LogP contribution in [0.1, 0.15) is 194 Å². The SMILES string of the molecule is CCCCCCCCCCCCCC(=O)[O-].CCCCCCCCCCCCCC(=O)[O-].NC1CCCCC1N.O.[Pt+2]. The summed E-state index contributed by atoms with van der Waals surface area (Å²) in [5.41, 5.74) is 11.3. The van der Waals surface area contributed by atoms with E-state index in [-0.39, 0.29) is 51.5 Å². The van der Waals surface area contributed by atoms with Crippen LogP contribution in [0.3, 0.4) is 0 Å². The number of carboxylic acids is 2. The summed E-state index contributed by atoms with van der Waals surface area (Å²) in [5, 5.41) is 20.3. The van der Waals surface area contributed by atoms with Gasteiger partial charge in [-0.25, -0.2) is 0 Å². The molecule has 0 radical (unpaired) electrons. The van der Waals surface area contributed by atoms with Crippen molar-refractivity contribution in [3.63, 3.8) is 0 Å². The number of unbranched alkanes of at least 4 members (excludes halogenated alkanes) is 20.